The zero-order valence-electron chi connectivity index (χ0n) is 14.6. The molecule has 0 unspecified atom stereocenters. The number of urea groups is 1. The second-order valence-electron chi connectivity index (χ2n) is 6.37. The minimum Gasteiger partial charge on any atom is -0.487 e. The summed E-state index contributed by atoms with van der Waals surface area (Å²) in [6.45, 7) is 5.45. The first-order valence-corrected chi connectivity index (χ1v) is 8.40. The Morgan fingerprint density at radius 1 is 1.40 bits per heavy atom. The van der Waals surface area contributed by atoms with Crippen molar-refractivity contribution < 1.29 is 18.4 Å². The Hall–Kier alpha value is -2.57. The smallest absolute Gasteiger partial charge is 0.319 e. The lowest BCUT2D eigenvalue weighted by Gasteiger charge is -2.26. The van der Waals surface area contributed by atoms with Gasteiger partial charge in [0.2, 0.25) is 0 Å². The van der Waals surface area contributed by atoms with E-state index < -0.39 is 11.8 Å². The van der Waals surface area contributed by atoms with Gasteiger partial charge in [0.05, 0.1) is 17.8 Å². The van der Waals surface area contributed by atoms with Gasteiger partial charge in [0.25, 0.3) is 0 Å². The summed E-state index contributed by atoms with van der Waals surface area (Å²) in [5.41, 5.74) is 1.93. The minimum absolute atomic E-state index is 0.104. The Kier molecular flexibility index (Phi) is 4.92. The van der Waals surface area contributed by atoms with E-state index in [-0.39, 0.29) is 17.9 Å². The van der Waals surface area contributed by atoms with Crippen molar-refractivity contribution in [3.05, 3.63) is 41.0 Å². The second-order valence-corrected chi connectivity index (χ2v) is 6.37. The second kappa shape index (κ2) is 7.13. The molecule has 7 heteroatoms. The highest BCUT2D eigenvalue weighted by Crippen LogP contribution is 2.28. The van der Waals surface area contributed by atoms with Gasteiger partial charge < -0.3 is 19.9 Å². The highest BCUT2D eigenvalue weighted by Gasteiger charge is 2.21. The Morgan fingerprint density at radius 2 is 2.16 bits per heavy atom. The van der Waals surface area contributed by atoms with E-state index in [2.05, 4.69) is 15.8 Å². The van der Waals surface area contributed by atoms with Crippen LogP contribution in [0.1, 0.15) is 49.2 Å². The molecule has 1 atom stereocenters. The van der Waals surface area contributed by atoms with E-state index in [0.29, 0.717) is 11.4 Å². The number of halogens is 1. The van der Waals surface area contributed by atoms with Gasteiger partial charge in [-0.2, -0.15) is 0 Å². The summed E-state index contributed by atoms with van der Waals surface area (Å²) in [7, 11) is 0. The molecule has 1 saturated carbocycles. The van der Waals surface area contributed by atoms with Crippen molar-refractivity contribution in [1.29, 1.82) is 0 Å². The number of hydrogen-bond acceptors (Lipinski definition) is 4. The molecule has 2 aromatic rings. The number of carbonyl (C=O) groups is 1. The fourth-order valence-electron chi connectivity index (χ4n) is 2.89. The first kappa shape index (κ1) is 17.3. The van der Waals surface area contributed by atoms with Crippen molar-refractivity contribution in [3.63, 3.8) is 0 Å². The van der Waals surface area contributed by atoms with Crippen LogP contribution >= 0.6 is 0 Å². The molecule has 2 N–H and O–H groups in total. The maximum atomic E-state index is 14.1. The molecule has 0 bridgehead atoms. The van der Waals surface area contributed by atoms with Crippen molar-refractivity contribution in [3.8, 4) is 5.75 Å². The van der Waals surface area contributed by atoms with E-state index in [4.69, 9.17) is 9.26 Å². The van der Waals surface area contributed by atoms with Gasteiger partial charge in [-0.15, -0.1) is 0 Å². The lowest BCUT2D eigenvalue weighted by atomic mass is 9.96. The number of aromatic nitrogens is 1. The summed E-state index contributed by atoms with van der Waals surface area (Å²) in [5, 5.41) is 9.29. The zero-order chi connectivity index (χ0) is 18.0. The summed E-state index contributed by atoms with van der Waals surface area (Å²) >= 11 is 0. The minimum atomic E-state index is -0.483. The van der Waals surface area contributed by atoms with Gasteiger partial charge in [-0.25, -0.2) is 9.18 Å². The van der Waals surface area contributed by atoms with Crippen molar-refractivity contribution in [2.75, 3.05) is 5.32 Å². The van der Waals surface area contributed by atoms with E-state index in [0.717, 1.165) is 30.5 Å². The quantitative estimate of drug-likeness (QED) is 0.848. The van der Waals surface area contributed by atoms with Crippen LogP contribution in [-0.2, 0) is 0 Å². The first-order chi connectivity index (χ1) is 11.9. The van der Waals surface area contributed by atoms with E-state index in [1.165, 1.54) is 6.07 Å². The van der Waals surface area contributed by atoms with Gasteiger partial charge in [0.1, 0.15) is 5.76 Å². The molecule has 1 aromatic carbocycles. The molecule has 6 nitrogen and oxygen atoms in total. The van der Waals surface area contributed by atoms with E-state index in [1.54, 1.807) is 19.1 Å². The highest BCUT2D eigenvalue weighted by atomic mass is 19.1. The summed E-state index contributed by atoms with van der Waals surface area (Å²) in [4.78, 5) is 12.1. The Bertz CT molecular complexity index is 751. The lowest BCUT2D eigenvalue weighted by molar-refractivity contribution is 0.115. The zero-order valence-corrected chi connectivity index (χ0v) is 14.6. The number of rotatable bonds is 5. The predicted molar refractivity (Wildman–Crippen MR) is 91.2 cm³/mol. The maximum absolute atomic E-state index is 14.1. The number of nitrogens with zero attached hydrogens (tertiary/aromatic N) is 1. The fraction of sp³-hybridized carbons (Fsp3) is 0.444. The number of ether oxygens (including phenoxy) is 1. The molecule has 0 radical (unpaired) electrons. The normalized spacial score (nSPS) is 15.4. The largest absolute Gasteiger partial charge is 0.487 e. The summed E-state index contributed by atoms with van der Waals surface area (Å²) in [6, 6.07) is 3.71. The molecule has 0 saturated heterocycles. The van der Waals surface area contributed by atoms with Gasteiger partial charge in [0.15, 0.2) is 11.6 Å². The van der Waals surface area contributed by atoms with E-state index >= 15 is 0 Å². The number of amides is 2. The third-order valence-electron chi connectivity index (χ3n) is 4.40. The number of hydrogen-bond donors (Lipinski definition) is 2. The third-order valence-corrected chi connectivity index (χ3v) is 4.40. The van der Waals surface area contributed by atoms with Crippen LogP contribution in [0.2, 0.25) is 0 Å². The number of nitrogens with one attached hydrogen (secondary N) is 2. The van der Waals surface area contributed by atoms with Crippen LogP contribution in [-0.4, -0.2) is 17.3 Å². The van der Waals surface area contributed by atoms with Crippen molar-refractivity contribution >= 4 is 11.7 Å². The molecule has 1 aliphatic rings. The summed E-state index contributed by atoms with van der Waals surface area (Å²) in [6.07, 6.45) is 3.14. The van der Waals surface area contributed by atoms with E-state index in [9.17, 15) is 9.18 Å². The van der Waals surface area contributed by atoms with Gasteiger partial charge >= 0.3 is 6.03 Å². The van der Waals surface area contributed by atoms with Crippen LogP contribution in [0.3, 0.4) is 0 Å². The van der Waals surface area contributed by atoms with Crippen molar-refractivity contribution in [1.82, 2.24) is 10.5 Å². The van der Waals surface area contributed by atoms with E-state index in [1.807, 2.05) is 13.8 Å². The monoisotopic (exact) mass is 347 g/mol. The molecule has 3 rings (SSSR count). The fourth-order valence-corrected chi connectivity index (χ4v) is 2.89. The van der Waals surface area contributed by atoms with Crippen LogP contribution in [0.25, 0.3) is 0 Å². The number of benzene rings is 1. The van der Waals surface area contributed by atoms with Crippen LogP contribution < -0.4 is 15.4 Å². The molecular formula is C18H22FN3O3. The Morgan fingerprint density at radius 3 is 2.72 bits per heavy atom. The molecule has 0 aliphatic heterocycles. The predicted octanol–water partition coefficient (Wildman–Crippen LogP) is 4.24. The molecule has 1 fully saturated rings. The molecule has 1 aromatic heterocycles. The summed E-state index contributed by atoms with van der Waals surface area (Å²) < 4.78 is 24.8. The maximum Gasteiger partial charge on any atom is 0.319 e. The first-order valence-electron chi connectivity index (χ1n) is 8.40. The van der Waals surface area contributed by atoms with Gasteiger partial charge in [0, 0.05) is 17.3 Å². The molecule has 134 valence electrons. The number of anilines is 1. The average Bonchev–Trinajstić information content (AvgIpc) is 2.83. The molecule has 25 heavy (non-hydrogen) atoms. The van der Waals surface area contributed by atoms with Gasteiger partial charge in [-0.1, -0.05) is 5.16 Å². The van der Waals surface area contributed by atoms with Gasteiger partial charge in [-0.3, -0.25) is 0 Å². The standard InChI is InChI=1S/C18H22FN3O3/c1-10(17-11(2)22-25-12(17)3)20-18(23)21-13-7-8-16(15(19)9-13)24-14-5-4-6-14/h7-10,14H,4-6H2,1-3H3,(H2,20,21,23)/t10-/m1/s1. The Labute approximate surface area is 145 Å². The molecule has 0 spiro atoms. The SMILES string of the molecule is Cc1noc(C)c1[C@@H](C)NC(=O)Nc1ccc(OC2CCC2)c(F)c1. The molecule has 1 aliphatic carbocycles. The third kappa shape index (κ3) is 3.92. The lowest BCUT2D eigenvalue weighted by Crippen LogP contribution is -2.31. The van der Waals surface area contributed by atoms with Crippen molar-refractivity contribution in [2.45, 2.75) is 52.2 Å². The molecular weight excluding hydrogens is 325 g/mol. The highest BCUT2D eigenvalue weighted by molar-refractivity contribution is 5.89. The molecule has 2 amide bonds. The van der Waals surface area contributed by atoms with Crippen LogP contribution in [0.15, 0.2) is 22.7 Å². The number of carbonyl (C=O) groups excluding carboxylic acids is 1. The topological polar surface area (TPSA) is 76.4 Å². The van der Waals surface area contributed by atoms with Crippen LogP contribution in [0.5, 0.6) is 5.75 Å². The average molecular weight is 347 g/mol. The van der Waals surface area contributed by atoms with Crippen molar-refractivity contribution in [2.24, 2.45) is 0 Å². The Balaban J connectivity index is 1.59. The van der Waals surface area contributed by atoms with Crippen LogP contribution in [0, 0.1) is 19.7 Å². The molecule has 1 heterocycles. The van der Waals surface area contributed by atoms with Crippen LogP contribution in [0.4, 0.5) is 14.9 Å². The van der Waals surface area contributed by atoms with Gasteiger partial charge in [-0.05, 0) is 52.2 Å². The summed E-state index contributed by atoms with van der Waals surface area (Å²) in [5.74, 6) is 0.400. The number of aryl methyl sites for hydroxylation is 2.